The van der Waals surface area contributed by atoms with Crippen molar-refractivity contribution < 1.29 is 9.84 Å². The lowest BCUT2D eigenvalue weighted by Crippen LogP contribution is -1.94. The lowest BCUT2D eigenvalue weighted by Gasteiger charge is -2.08. The number of ether oxygens (including phenoxy) is 1. The predicted molar refractivity (Wildman–Crippen MR) is 78.5 cm³/mol. The number of hydrogen-bond acceptors (Lipinski definition) is 2. The van der Waals surface area contributed by atoms with Crippen LogP contribution in [0, 0.1) is 0 Å². The summed E-state index contributed by atoms with van der Waals surface area (Å²) in [5.74, 6) is 0.896. The van der Waals surface area contributed by atoms with Crippen LogP contribution in [-0.4, -0.2) is 12.2 Å². The normalized spacial score (nSPS) is 10.5. The van der Waals surface area contributed by atoms with Crippen LogP contribution in [0.3, 0.4) is 0 Å². The molecule has 0 bridgehead atoms. The monoisotopic (exact) mass is 296 g/mol. The topological polar surface area (TPSA) is 29.5 Å². The minimum atomic E-state index is 0.102. The van der Waals surface area contributed by atoms with Crippen molar-refractivity contribution in [2.24, 2.45) is 0 Å². The van der Waals surface area contributed by atoms with Crippen LogP contribution in [0.25, 0.3) is 0 Å². The van der Waals surface area contributed by atoms with Gasteiger partial charge >= 0.3 is 0 Å². The average Bonchev–Trinajstić information content (AvgIpc) is 2.41. The zero-order valence-corrected chi connectivity index (χ0v) is 12.0. The highest BCUT2D eigenvalue weighted by molar-refractivity contribution is 6.32. The molecule has 0 aliphatic heterocycles. The molecule has 2 rings (SSSR count). The van der Waals surface area contributed by atoms with Crippen LogP contribution in [-0.2, 0) is 12.8 Å². The number of hydrogen-bond donors (Lipinski definition) is 1. The first kappa shape index (κ1) is 14.0. The van der Waals surface area contributed by atoms with Crippen LogP contribution in [0.5, 0.6) is 11.5 Å². The molecule has 0 fully saturated rings. The maximum atomic E-state index is 9.37. The molecule has 1 N–H and O–H groups in total. The van der Waals surface area contributed by atoms with E-state index in [4.69, 9.17) is 27.9 Å². The highest BCUT2D eigenvalue weighted by Crippen LogP contribution is 2.26. The van der Waals surface area contributed by atoms with Crippen LogP contribution in [0.4, 0.5) is 0 Å². The van der Waals surface area contributed by atoms with E-state index < -0.39 is 0 Å². The van der Waals surface area contributed by atoms with E-state index in [1.807, 2.05) is 24.3 Å². The number of aryl methyl sites for hydroxylation is 2. The SMILES string of the molecule is COc1ccc(Cl)c(CCc2ccc(O)c(Cl)c2)c1. The van der Waals surface area contributed by atoms with Crippen LogP contribution >= 0.6 is 23.2 Å². The zero-order valence-electron chi connectivity index (χ0n) is 10.5. The Morgan fingerprint density at radius 2 is 1.79 bits per heavy atom. The number of methoxy groups -OCH3 is 1. The van der Waals surface area contributed by atoms with Gasteiger partial charge in [0.1, 0.15) is 11.5 Å². The van der Waals surface area contributed by atoms with E-state index in [1.54, 1.807) is 19.2 Å². The molecule has 0 radical (unpaired) electrons. The third-order valence-electron chi connectivity index (χ3n) is 2.95. The van der Waals surface area contributed by atoms with Gasteiger partial charge in [-0.15, -0.1) is 0 Å². The molecule has 0 atom stereocenters. The summed E-state index contributed by atoms with van der Waals surface area (Å²) in [6.07, 6.45) is 1.59. The molecule has 100 valence electrons. The van der Waals surface area contributed by atoms with E-state index in [1.165, 1.54) is 0 Å². The van der Waals surface area contributed by atoms with Crippen LogP contribution < -0.4 is 4.74 Å². The molecular formula is C15H14Cl2O2. The van der Waals surface area contributed by atoms with Crippen molar-refractivity contribution in [2.75, 3.05) is 7.11 Å². The molecule has 4 heteroatoms. The van der Waals surface area contributed by atoms with E-state index in [0.717, 1.165) is 34.7 Å². The van der Waals surface area contributed by atoms with E-state index in [-0.39, 0.29) is 5.75 Å². The first-order valence-corrected chi connectivity index (χ1v) is 6.65. The van der Waals surface area contributed by atoms with E-state index in [9.17, 15) is 5.11 Å². The number of halogens is 2. The maximum Gasteiger partial charge on any atom is 0.134 e. The minimum Gasteiger partial charge on any atom is -0.506 e. The second-order valence-electron chi connectivity index (χ2n) is 4.24. The number of benzene rings is 2. The number of aromatic hydroxyl groups is 1. The lowest BCUT2D eigenvalue weighted by atomic mass is 10.0. The fraction of sp³-hybridized carbons (Fsp3) is 0.200. The largest absolute Gasteiger partial charge is 0.506 e. The summed E-state index contributed by atoms with van der Waals surface area (Å²) in [6.45, 7) is 0. The summed E-state index contributed by atoms with van der Waals surface area (Å²) in [7, 11) is 1.63. The molecule has 0 aliphatic carbocycles. The summed E-state index contributed by atoms with van der Waals surface area (Å²) in [5.41, 5.74) is 2.09. The molecule has 0 spiro atoms. The molecule has 2 aromatic carbocycles. The van der Waals surface area contributed by atoms with Crippen LogP contribution in [0.2, 0.25) is 10.0 Å². The van der Waals surface area contributed by atoms with Gasteiger partial charge in [0.25, 0.3) is 0 Å². The summed E-state index contributed by atoms with van der Waals surface area (Å²) in [5, 5.41) is 10.5. The Labute approximate surface area is 122 Å². The van der Waals surface area contributed by atoms with Crippen molar-refractivity contribution in [2.45, 2.75) is 12.8 Å². The Balaban J connectivity index is 2.11. The molecule has 0 aromatic heterocycles. The van der Waals surface area contributed by atoms with Crippen LogP contribution in [0.1, 0.15) is 11.1 Å². The second kappa shape index (κ2) is 6.18. The third kappa shape index (κ3) is 3.55. The third-order valence-corrected chi connectivity index (χ3v) is 3.62. The molecule has 2 aromatic rings. The molecule has 0 unspecified atom stereocenters. The maximum absolute atomic E-state index is 9.37. The summed E-state index contributed by atoms with van der Waals surface area (Å²) >= 11 is 12.0. The number of rotatable bonds is 4. The van der Waals surface area contributed by atoms with Gasteiger partial charge in [-0.2, -0.15) is 0 Å². The van der Waals surface area contributed by atoms with Gasteiger partial charge in [0.2, 0.25) is 0 Å². The Morgan fingerprint density at radius 1 is 1.00 bits per heavy atom. The Bertz CT molecular complexity index is 582. The minimum absolute atomic E-state index is 0.102. The van der Waals surface area contributed by atoms with Crippen LogP contribution in [0.15, 0.2) is 36.4 Å². The van der Waals surface area contributed by atoms with Gasteiger partial charge in [0.15, 0.2) is 0 Å². The highest BCUT2D eigenvalue weighted by atomic mass is 35.5. The predicted octanol–water partition coefficient (Wildman–Crippen LogP) is 4.49. The first-order valence-electron chi connectivity index (χ1n) is 5.90. The van der Waals surface area contributed by atoms with Crippen molar-refractivity contribution >= 4 is 23.2 Å². The molecule has 0 aliphatic rings. The fourth-order valence-corrected chi connectivity index (χ4v) is 2.27. The first-order chi connectivity index (χ1) is 9.10. The number of phenolic OH excluding ortho intramolecular Hbond substituents is 1. The molecule has 0 saturated heterocycles. The van der Waals surface area contributed by atoms with Crippen molar-refractivity contribution in [1.82, 2.24) is 0 Å². The lowest BCUT2D eigenvalue weighted by molar-refractivity contribution is 0.414. The Hall–Kier alpha value is -1.38. The van der Waals surface area contributed by atoms with Crippen molar-refractivity contribution in [3.05, 3.63) is 57.6 Å². The molecule has 0 heterocycles. The zero-order chi connectivity index (χ0) is 13.8. The molecule has 0 amide bonds. The van der Waals surface area contributed by atoms with Gasteiger partial charge in [0, 0.05) is 5.02 Å². The number of phenols is 1. The van der Waals surface area contributed by atoms with E-state index >= 15 is 0 Å². The summed E-state index contributed by atoms with van der Waals surface area (Å²) < 4.78 is 5.18. The van der Waals surface area contributed by atoms with Crippen molar-refractivity contribution in [1.29, 1.82) is 0 Å². The Morgan fingerprint density at radius 3 is 2.47 bits per heavy atom. The molecule has 19 heavy (non-hydrogen) atoms. The van der Waals surface area contributed by atoms with Gasteiger partial charge in [0.05, 0.1) is 12.1 Å². The van der Waals surface area contributed by atoms with Crippen molar-refractivity contribution in [3.63, 3.8) is 0 Å². The van der Waals surface area contributed by atoms with Gasteiger partial charge in [-0.3, -0.25) is 0 Å². The van der Waals surface area contributed by atoms with Gasteiger partial charge in [-0.25, -0.2) is 0 Å². The van der Waals surface area contributed by atoms with Crippen molar-refractivity contribution in [3.8, 4) is 11.5 Å². The molecule has 2 nitrogen and oxygen atoms in total. The smallest absolute Gasteiger partial charge is 0.134 e. The second-order valence-corrected chi connectivity index (χ2v) is 5.06. The quantitative estimate of drug-likeness (QED) is 0.900. The molecule has 0 saturated carbocycles. The van der Waals surface area contributed by atoms with E-state index in [2.05, 4.69) is 0 Å². The summed E-state index contributed by atoms with van der Waals surface area (Å²) in [6, 6.07) is 10.8. The van der Waals surface area contributed by atoms with Gasteiger partial charge in [-0.05, 0) is 54.3 Å². The molecular weight excluding hydrogens is 283 g/mol. The Kier molecular flexibility index (Phi) is 4.56. The highest BCUT2D eigenvalue weighted by Gasteiger charge is 2.05. The van der Waals surface area contributed by atoms with E-state index in [0.29, 0.717) is 5.02 Å². The fourth-order valence-electron chi connectivity index (χ4n) is 1.85. The standard InChI is InChI=1S/C15H14Cl2O2/c1-19-12-5-6-13(16)11(9-12)4-2-10-3-7-15(18)14(17)8-10/h3,5-9,18H,2,4H2,1H3. The van der Waals surface area contributed by atoms with Gasteiger partial charge in [-0.1, -0.05) is 29.3 Å². The van der Waals surface area contributed by atoms with Gasteiger partial charge < -0.3 is 9.84 Å². The summed E-state index contributed by atoms with van der Waals surface area (Å²) in [4.78, 5) is 0. The average molecular weight is 297 g/mol.